The molecule has 3 aromatic rings. The number of fused-ring (bicyclic) bond motifs is 1. The molecule has 0 amide bonds. The highest BCUT2D eigenvalue weighted by Crippen LogP contribution is 2.28. The first-order valence-electron chi connectivity index (χ1n) is 7.81. The van der Waals surface area contributed by atoms with E-state index in [1.807, 2.05) is 29.0 Å². The van der Waals surface area contributed by atoms with Crippen molar-refractivity contribution in [2.75, 3.05) is 13.1 Å². The van der Waals surface area contributed by atoms with Crippen LogP contribution in [-0.4, -0.2) is 42.8 Å². The van der Waals surface area contributed by atoms with E-state index < -0.39 is 0 Å². The number of aromatic nitrogens is 5. The van der Waals surface area contributed by atoms with E-state index in [9.17, 15) is 0 Å². The zero-order chi connectivity index (χ0) is 14.9. The molecule has 3 aromatic heterocycles. The summed E-state index contributed by atoms with van der Waals surface area (Å²) in [5.41, 5.74) is 4.51. The molecule has 114 valence electrons. The number of likely N-dealkylation sites (tertiary alicyclic amines) is 1. The lowest BCUT2D eigenvalue weighted by Gasteiger charge is -2.31. The highest BCUT2D eigenvalue weighted by molar-refractivity contribution is 5.39. The standard InChI is InChI=1S/C16H20N6/c1-12-10-15(19-16-3-7-18-22(12)16)13-4-8-21(9-5-13)11-14-2-6-17-20-14/h2-3,6-7,10,13H,4-5,8-9,11H2,1H3,(H,17,20). The zero-order valence-corrected chi connectivity index (χ0v) is 12.7. The predicted octanol–water partition coefficient (Wildman–Crippen LogP) is 2.14. The zero-order valence-electron chi connectivity index (χ0n) is 12.7. The number of piperidine rings is 1. The molecule has 0 saturated carbocycles. The van der Waals surface area contributed by atoms with Crippen LogP contribution in [0, 0.1) is 6.92 Å². The van der Waals surface area contributed by atoms with Gasteiger partial charge in [-0.15, -0.1) is 0 Å². The molecule has 0 atom stereocenters. The fourth-order valence-corrected chi connectivity index (χ4v) is 3.30. The Labute approximate surface area is 129 Å². The van der Waals surface area contributed by atoms with Crippen LogP contribution < -0.4 is 0 Å². The van der Waals surface area contributed by atoms with Crippen molar-refractivity contribution in [3.05, 3.63) is 47.7 Å². The van der Waals surface area contributed by atoms with Gasteiger partial charge in [0.15, 0.2) is 5.65 Å². The minimum Gasteiger partial charge on any atom is -0.297 e. The monoisotopic (exact) mass is 296 g/mol. The second-order valence-corrected chi connectivity index (χ2v) is 6.06. The van der Waals surface area contributed by atoms with Gasteiger partial charge in [-0.3, -0.25) is 10.00 Å². The molecule has 0 aromatic carbocycles. The Hall–Kier alpha value is -2.21. The first-order valence-corrected chi connectivity index (χ1v) is 7.81. The molecule has 1 saturated heterocycles. The normalized spacial score (nSPS) is 17.3. The topological polar surface area (TPSA) is 62.1 Å². The average Bonchev–Trinajstić information content (AvgIpc) is 3.19. The van der Waals surface area contributed by atoms with E-state index in [0.29, 0.717) is 5.92 Å². The van der Waals surface area contributed by atoms with Gasteiger partial charge in [0.1, 0.15) is 0 Å². The number of hydrogen-bond donors (Lipinski definition) is 1. The van der Waals surface area contributed by atoms with Crippen molar-refractivity contribution >= 4 is 5.65 Å². The number of rotatable bonds is 3. The van der Waals surface area contributed by atoms with Crippen molar-refractivity contribution in [2.24, 2.45) is 0 Å². The number of aromatic amines is 1. The summed E-state index contributed by atoms with van der Waals surface area (Å²) in [4.78, 5) is 7.27. The summed E-state index contributed by atoms with van der Waals surface area (Å²) in [6.07, 6.45) is 5.94. The minimum absolute atomic E-state index is 0.552. The average molecular weight is 296 g/mol. The molecule has 0 radical (unpaired) electrons. The van der Waals surface area contributed by atoms with Crippen molar-refractivity contribution in [1.82, 2.24) is 29.7 Å². The molecule has 4 rings (SSSR count). The van der Waals surface area contributed by atoms with Crippen LogP contribution >= 0.6 is 0 Å². The number of hydrogen-bond acceptors (Lipinski definition) is 4. The van der Waals surface area contributed by atoms with Crippen LogP contribution in [0.3, 0.4) is 0 Å². The second kappa shape index (κ2) is 5.53. The Morgan fingerprint density at radius 1 is 1.23 bits per heavy atom. The van der Waals surface area contributed by atoms with Crippen molar-refractivity contribution < 1.29 is 0 Å². The second-order valence-electron chi connectivity index (χ2n) is 6.06. The van der Waals surface area contributed by atoms with Crippen molar-refractivity contribution in [2.45, 2.75) is 32.2 Å². The number of nitrogens with zero attached hydrogens (tertiary/aromatic N) is 5. The third kappa shape index (κ3) is 2.50. The molecule has 0 unspecified atom stereocenters. The van der Waals surface area contributed by atoms with Crippen LogP contribution in [0.15, 0.2) is 30.6 Å². The molecular weight excluding hydrogens is 276 g/mol. The van der Waals surface area contributed by atoms with Gasteiger partial charge in [0, 0.05) is 41.8 Å². The van der Waals surface area contributed by atoms with E-state index in [0.717, 1.165) is 43.8 Å². The Morgan fingerprint density at radius 3 is 2.86 bits per heavy atom. The Morgan fingerprint density at radius 2 is 2.09 bits per heavy atom. The van der Waals surface area contributed by atoms with Crippen LogP contribution in [0.25, 0.3) is 5.65 Å². The summed E-state index contributed by atoms with van der Waals surface area (Å²) in [6.45, 7) is 5.27. The Balaban J connectivity index is 1.46. The fraction of sp³-hybridized carbons (Fsp3) is 0.438. The number of aryl methyl sites for hydroxylation is 1. The van der Waals surface area contributed by atoms with Gasteiger partial charge in [-0.05, 0) is 45.0 Å². The highest BCUT2D eigenvalue weighted by Gasteiger charge is 2.22. The van der Waals surface area contributed by atoms with E-state index in [1.165, 1.54) is 11.4 Å². The van der Waals surface area contributed by atoms with Gasteiger partial charge in [-0.25, -0.2) is 9.50 Å². The van der Waals surface area contributed by atoms with E-state index in [4.69, 9.17) is 4.98 Å². The van der Waals surface area contributed by atoms with Crippen molar-refractivity contribution in [3.8, 4) is 0 Å². The number of H-pyrrole nitrogens is 1. The maximum atomic E-state index is 4.79. The van der Waals surface area contributed by atoms with Crippen molar-refractivity contribution in [1.29, 1.82) is 0 Å². The van der Waals surface area contributed by atoms with Crippen LogP contribution in [0.2, 0.25) is 0 Å². The van der Waals surface area contributed by atoms with Crippen LogP contribution in [0.1, 0.15) is 35.8 Å². The minimum atomic E-state index is 0.552. The Kier molecular flexibility index (Phi) is 3.38. The lowest BCUT2D eigenvalue weighted by molar-refractivity contribution is 0.201. The van der Waals surface area contributed by atoms with Gasteiger partial charge in [-0.1, -0.05) is 0 Å². The predicted molar refractivity (Wildman–Crippen MR) is 83.6 cm³/mol. The SMILES string of the molecule is Cc1cc(C2CCN(Cc3ccn[nH]3)CC2)nc2ccnn12. The molecule has 0 spiro atoms. The first kappa shape index (κ1) is 13.5. The maximum Gasteiger partial charge on any atom is 0.155 e. The summed E-state index contributed by atoms with van der Waals surface area (Å²) in [7, 11) is 0. The van der Waals surface area contributed by atoms with Gasteiger partial charge in [0.05, 0.1) is 6.20 Å². The summed E-state index contributed by atoms with van der Waals surface area (Å²) in [6, 6.07) is 6.21. The molecular formula is C16H20N6. The summed E-state index contributed by atoms with van der Waals surface area (Å²) >= 11 is 0. The van der Waals surface area contributed by atoms with Gasteiger partial charge >= 0.3 is 0 Å². The van der Waals surface area contributed by atoms with E-state index in [-0.39, 0.29) is 0 Å². The largest absolute Gasteiger partial charge is 0.297 e. The van der Waals surface area contributed by atoms with E-state index in [1.54, 1.807) is 0 Å². The molecule has 22 heavy (non-hydrogen) atoms. The van der Waals surface area contributed by atoms with Crippen LogP contribution in [-0.2, 0) is 6.54 Å². The van der Waals surface area contributed by atoms with Gasteiger partial charge < -0.3 is 0 Å². The van der Waals surface area contributed by atoms with Crippen molar-refractivity contribution in [3.63, 3.8) is 0 Å². The molecule has 6 heteroatoms. The van der Waals surface area contributed by atoms with Crippen LogP contribution in [0.4, 0.5) is 0 Å². The molecule has 1 fully saturated rings. The van der Waals surface area contributed by atoms with Gasteiger partial charge in [0.2, 0.25) is 0 Å². The Bertz CT molecular complexity index is 752. The summed E-state index contributed by atoms with van der Waals surface area (Å²) in [5, 5.41) is 11.3. The molecule has 0 bridgehead atoms. The summed E-state index contributed by atoms with van der Waals surface area (Å²) < 4.78 is 1.90. The third-order valence-electron chi connectivity index (χ3n) is 4.52. The lowest BCUT2D eigenvalue weighted by Crippen LogP contribution is -2.32. The van der Waals surface area contributed by atoms with E-state index in [2.05, 4.69) is 33.2 Å². The molecule has 1 aliphatic heterocycles. The lowest BCUT2D eigenvalue weighted by atomic mass is 9.93. The van der Waals surface area contributed by atoms with Crippen LogP contribution in [0.5, 0.6) is 0 Å². The maximum absolute atomic E-state index is 4.79. The molecule has 1 N–H and O–H groups in total. The summed E-state index contributed by atoms with van der Waals surface area (Å²) in [5.74, 6) is 0.552. The van der Waals surface area contributed by atoms with Gasteiger partial charge in [0.25, 0.3) is 0 Å². The highest BCUT2D eigenvalue weighted by atomic mass is 15.2. The van der Waals surface area contributed by atoms with E-state index >= 15 is 0 Å². The van der Waals surface area contributed by atoms with Gasteiger partial charge in [-0.2, -0.15) is 10.2 Å². The number of nitrogens with one attached hydrogen (secondary N) is 1. The molecule has 6 nitrogen and oxygen atoms in total. The fourth-order valence-electron chi connectivity index (χ4n) is 3.30. The molecule has 0 aliphatic carbocycles. The first-order chi connectivity index (χ1) is 10.8. The third-order valence-corrected chi connectivity index (χ3v) is 4.52. The smallest absolute Gasteiger partial charge is 0.155 e. The molecule has 1 aliphatic rings. The molecule has 4 heterocycles. The quantitative estimate of drug-likeness (QED) is 0.804.